The van der Waals surface area contributed by atoms with Crippen LogP contribution in [0, 0.1) is 11.3 Å². The molecule has 0 saturated carbocycles. The molecule has 2 rings (SSSR count). The highest BCUT2D eigenvalue weighted by Crippen LogP contribution is 2.14. The monoisotopic (exact) mass is 386 g/mol. The van der Waals surface area contributed by atoms with E-state index in [0.717, 1.165) is 4.47 Å². The van der Waals surface area contributed by atoms with Gasteiger partial charge in [0, 0.05) is 22.6 Å². The minimum absolute atomic E-state index is 0.103. The lowest BCUT2D eigenvalue weighted by Gasteiger charge is -2.05. The number of pyridine rings is 1. The average Bonchev–Trinajstić information content (AvgIpc) is 2.56. The summed E-state index contributed by atoms with van der Waals surface area (Å²) in [4.78, 5) is 26.9. The lowest BCUT2D eigenvalue weighted by atomic mass is 10.2. The molecule has 1 aromatic heterocycles. The fourth-order valence-electron chi connectivity index (χ4n) is 1.67. The molecule has 7 nitrogen and oxygen atoms in total. The number of halogens is 1. The van der Waals surface area contributed by atoms with Crippen molar-refractivity contribution in [2.45, 2.75) is 0 Å². The molecule has 1 amide bonds. The number of nitriles is 1. The number of benzene rings is 1. The Morgan fingerprint density at radius 3 is 2.54 bits per heavy atom. The van der Waals surface area contributed by atoms with Crippen LogP contribution in [0.1, 0.15) is 10.4 Å². The van der Waals surface area contributed by atoms with E-state index in [2.05, 4.69) is 31.5 Å². The van der Waals surface area contributed by atoms with Gasteiger partial charge in [-0.05, 0) is 36.4 Å². The first-order chi connectivity index (χ1) is 11.5. The summed E-state index contributed by atoms with van der Waals surface area (Å²) in [5.74, 6) is -1.21. The van der Waals surface area contributed by atoms with Crippen LogP contribution < -0.4 is 10.6 Å². The van der Waals surface area contributed by atoms with Crippen LogP contribution in [0.3, 0.4) is 0 Å². The van der Waals surface area contributed by atoms with Crippen LogP contribution >= 0.6 is 15.9 Å². The Hall–Kier alpha value is -3.18. The second kappa shape index (κ2) is 7.89. The van der Waals surface area contributed by atoms with Gasteiger partial charge in [-0.25, -0.2) is 9.78 Å². The van der Waals surface area contributed by atoms with Gasteiger partial charge in [0.15, 0.2) is 0 Å². The number of carbonyl (C=O) groups is 2. The predicted molar refractivity (Wildman–Crippen MR) is 91.3 cm³/mol. The zero-order chi connectivity index (χ0) is 17.5. The number of hydrogen-bond donors (Lipinski definition) is 3. The Balaban J connectivity index is 2.07. The number of nitrogens with one attached hydrogen (secondary N) is 2. The number of aromatic nitrogens is 1. The molecule has 0 unspecified atom stereocenters. The lowest BCUT2D eigenvalue weighted by Crippen LogP contribution is -2.14. The Morgan fingerprint density at radius 2 is 1.96 bits per heavy atom. The average molecular weight is 387 g/mol. The SMILES string of the molecule is N#C/C(=C/Nc1cc(Br)ccn1)C(=O)Nc1ccc(C(=O)O)cc1. The van der Waals surface area contributed by atoms with Crippen molar-refractivity contribution in [3.05, 3.63) is 64.4 Å². The first-order valence-electron chi connectivity index (χ1n) is 6.62. The van der Waals surface area contributed by atoms with E-state index in [1.165, 1.54) is 30.5 Å². The molecule has 8 heteroatoms. The summed E-state index contributed by atoms with van der Waals surface area (Å²) in [7, 11) is 0. The second-order valence-electron chi connectivity index (χ2n) is 4.51. The summed E-state index contributed by atoms with van der Waals surface area (Å²) >= 11 is 3.29. The van der Waals surface area contributed by atoms with Crippen molar-refractivity contribution in [3.8, 4) is 6.07 Å². The molecule has 2 aromatic rings. The van der Waals surface area contributed by atoms with Crippen molar-refractivity contribution in [1.29, 1.82) is 5.26 Å². The number of hydrogen-bond acceptors (Lipinski definition) is 5. The van der Waals surface area contributed by atoms with Crippen LogP contribution in [0.2, 0.25) is 0 Å². The minimum Gasteiger partial charge on any atom is -0.478 e. The molecule has 24 heavy (non-hydrogen) atoms. The molecular weight excluding hydrogens is 376 g/mol. The van der Waals surface area contributed by atoms with Crippen LogP contribution in [0.4, 0.5) is 11.5 Å². The van der Waals surface area contributed by atoms with E-state index in [4.69, 9.17) is 10.4 Å². The molecule has 0 radical (unpaired) electrons. The number of aromatic carboxylic acids is 1. The molecule has 0 fully saturated rings. The molecule has 0 aliphatic rings. The maximum absolute atomic E-state index is 12.1. The highest BCUT2D eigenvalue weighted by atomic mass is 79.9. The number of carboxylic acids is 1. The molecule has 1 heterocycles. The molecule has 0 saturated heterocycles. The van der Waals surface area contributed by atoms with Gasteiger partial charge in [0.1, 0.15) is 17.5 Å². The number of nitrogens with zero attached hydrogens (tertiary/aromatic N) is 2. The summed E-state index contributed by atoms with van der Waals surface area (Å²) in [6, 6.07) is 10.8. The van der Waals surface area contributed by atoms with Gasteiger partial charge in [0.2, 0.25) is 0 Å². The van der Waals surface area contributed by atoms with Crippen LogP contribution in [0.5, 0.6) is 0 Å². The molecular formula is C16H11BrN4O3. The van der Waals surface area contributed by atoms with Crippen LogP contribution in [0.25, 0.3) is 0 Å². The molecule has 1 aromatic carbocycles. The zero-order valence-electron chi connectivity index (χ0n) is 12.2. The fraction of sp³-hybridized carbons (Fsp3) is 0. The van der Waals surface area contributed by atoms with E-state index < -0.39 is 11.9 Å². The van der Waals surface area contributed by atoms with Gasteiger partial charge >= 0.3 is 5.97 Å². The van der Waals surface area contributed by atoms with Gasteiger partial charge in [0.25, 0.3) is 5.91 Å². The smallest absolute Gasteiger partial charge is 0.335 e. The van der Waals surface area contributed by atoms with Gasteiger partial charge in [-0.2, -0.15) is 5.26 Å². The topological polar surface area (TPSA) is 115 Å². The normalized spacial score (nSPS) is 10.6. The van der Waals surface area contributed by atoms with Crippen molar-refractivity contribution in [2.75, 3.05) is 10.6 Å². The standard InChI is InChI=1S/C16H11BrN4O3/c17-12-5-6-19-14(7-12)20-9-11(8-18)15(22)21-13-3-1-10(2-4-13)16(23)24/h1-7,9H,(H,19,20)(H,21,22)(H,23,24)/b11-9-. The van der Waals surface area contributed by atoms with Gasteiger partial charge in [-0.1, -0.05) is 15.9 Å². The lowest BCUT2D eigenvalue weighted by molar-refractivity contribution is -0.112. The van der Waals surface area contributed by atoms with E-state index in [1.54, 1.807) is 24.4 Å². The number of carbonyl (C=O) groups excluding carboxylic acids is 1. The Bertz CT molecular complexity index is 841. The molecule has 0 spiro atoms. The third kappa shape index (κ3) is 4.66. The Labute approximate surface area is 145 Å². The van der Waals surface area contributed by atoms with Crippen molar-refractivity contribution in [1.82, 2.24) is 4.98 Å². The highest BCUT2D eigenvalue weighted by molar-refractivity contribution is 9.10. The molecule has 0 aliphatic carbocycles. The number of carboxylic acid groups (broad SMARTS) is 1. The van der Waals surface area contributed by atoms with E-state index in [9.17, 15) is 9.59 Å². The summed E-state index contributed by atoms with van der Waals surface area (Å²) in [6.07, 6.45) is 2.81. The highest BCUT2D eigenvalue weighted by Gasteiger charge is 2.10. The number of anilines is 2. The van der Waals surface area contributed by atoms with E-state index >= 15 is 0 Å². The molecule has 120 valence electrons. The van der Waals surface area contributed by atoms with Gasteiger partial charge in [0.05, 0.1) is 5.56 Å². The zero-order valence-corrected chi connectivity index (χ0v) is 13.7. The van der Waals surface area contributed by atoms with Gasteiger partial charge in [-0.3, -0.25) is 4.79 Å². The van der Waals surface area contributed by atoms with Crippen LogP contribution in [-0.2, 0) is 4.79 Å². The number of amides is 1. The number of rotatable bonds is 5. The largest absolute Gasteiger partial charge is 0.478 e. The van der Waals surface area contributed by atoms with Gasteiger partial charge in [-0.15, -0.1) is 0 Å². The maximum Gasteiger partial charge on any atom is 0.335 e. The molecule has 0 aliphatic heterocycles. The summed E-state index contributed by atoms with van der Waals surface area (Å²) in [5, 5.41) is 23.2. The van der Waals surface area contributed by atoms with E-state index in [-0.39, 0.29) is 11.1 Å². The summed E-state index contributed by atoms with van der Waals surface area (Å²) in [5.41, 5.74) is 0.331. The second-order valence-corrected chi connectivity index (χ2v) is 5.43. The van der Waals surface area contributed by atoms with Crippen molar-refractivity contribution >= 4 is 39.3 Å². The first-order valence-corrected chi connectivity index (χ1v) is 7.42. The molecule has 0 atom stereocenters. The minimum atomic E-state index is -1.06. The van der Waals surface area contributed by atoms with E-state index in [0.29, 0.717) is 11.5 Å². The van der Waals surface area contributed by atoms with Crippen molar-refractivity contribution < 1.29 is 14.7 Å². The molecule has 3 N–H and O–H groups in total. The molecule has 0 bridgehead atoms. The quantitative estimate of drug-likeness (QED) is 0.537. The third-order valence-corrected chi connectivity index (χ3v) is 3.33. The summed E-state index contributed by atoms with van der Waals surface area (Å²) < 4.78 is 0.801. The van der Waals surface area contributed by atoms with Crippen molar-refractivity contribution in [3.63, 3.8) is 0 Å². The summed E-state index contributed by atoms with van der Waals surface area (Å²) in [6.45, 7) is 0. The Morgan fingerprint density at radius 1 is 1.25 bits per heavy atom. The first kappa shape index (κ1) is 17.2. The third-order valence-electron chi connectivity index (χ3n) is 2.84. The van der Waals surface area contributed by atoms with Crippen LogP contribution in [0.15, 0.2) is 58.8 Å². The van der Waals surface area contributed by atoms with Crippen molar-refractivity contribution in [2.24, 2.45) is 0 Å². The maximum atomic E-state index is 12.1. The predicted octanol–water partition coefficient (Wildman–Crippen LogP) is 3.00. The van der Waals surface area contributed by atoms with E-state index in [1.807, 2.05) is 0 Å². The Kier molecular flexibility index (Phi) is 5.65. The van der Waals surface area contributed by atoms with Crippen LogP contribution in [-0.4, -0.2) is 22.0 Å². The fourth-order valence-corrected chi connectivity index (χ4v) is 2.01. The van der Waals surface area contributed by atoms with Gasteiger partial charge < -0.3 is 15.7 Å².